The van der Waals surface area contributed by atoms with Gasteiger partial charge in [0, 0.05) is 12.4 Å². The zero-order chi connectivity index (χ0) is 14.0. The van der Waals surface area contributed by atoms with Gasteiger partial charge in [0.15, 0.2) is 0 Å². The second-order valence-electron chi connectivity index (χ2n) is 7.49. The molecule has 0 aliphatic carbocycles. The van der Waals surface area contributed by atoms with E-state index in [1.807, 2.05) is 12.4 Å². The fourth-order valence-electron chi connectivity index (χ4n) is 2.53. The van der Waals surface area contributed by atoms with Crippen LogP contribution in [0.25, 0.3) is 0 Å². The van der Waals surface area contributed by atoms with Crippen LogP contribution in [-0.2, 0) is 0 Å². The zero-order valence-electron chi connectivity index (χ0n) is 13.1. The number of rotatable bonds is 3. The quantitative estimate of drug-likeness (QED) is 0.646. The van der Waals surface area contributed by atoms with E-state index >= 15 is 0 Å². The first kappa shape index (κ1) is 15.2. The third kappa shape index (κ3) is 4.12. The van der Waals surface area contributed by atoms with E-state index < -0.39 is 0 Å². The summed E-state index contributed by atoms with van der Waals surface area (Å²) < 4.78 is 0. The van der Waals surface area contributed by atoms with E-state index in [1.54, 1.807) is 0 Å². The third-order valence-electron chi connectivity index (χ3n) is 4.03. The Morgan fingerprint density at radius 2 is 1.83 bits per heavy atom. The molecule has 0 radical (unpaired) electrons. The fourth-order valence-corrected chi connectivity index (χ4v) is 2.53. The van der Waals surface area contributed by atoms with Gasteiger partial charge in [-0.05, 0) is 34.7 Å². The van der Waals surface area contributed by atoms with Gasteiger partial charge in [-0.3, -0.25) is 4.99 Å². The van der Waals surface area contributed by atoms with Gasteiger partial charge in [-0.1, -0.05) is 60.6 Å². The smallest absolute Gasteiger partial charge is 0.0302 e. The number of hydrogen-bond donors (Lipinski definition) is 0. The molecular weight excluding hydrogens is 218 g/mol. The molecule has 0 N–H and O–H groups in total. The molecule has 1 aliphatic heterocycles. The molecule has 2 atom stereocenters. The Balaban J connectivity index is 2.92. The van der Waals surface area contributed by atoms with Crippen molar-refractivity contribution in [1.82, 2.24) is 0 Å². The van der Waals surface area contributed by atoms with Crippen LogP contribution in [0.1, 0.15) is 54.9 Å². The summed E-state index contributed by atoms with van der Waals surface area (Å²) in [4.78, 5) is 4.37. The first-order valence-corrected chi connectivity index (χ1v) is 7.05. The summed E-state index contributed by atoms with van der Waals surface area (Å²) in [7, 11) is 0. The van der Waals surface area contributed by atoms with Crippen molar-refractivity contribution in [2.45, 2.75) is 54.9 Å². The van der Waals surface area contributed by atoms with E-state index in [0.717, 1.165) is 0 Å². The molecule has 0 amide bonds. The third-order valence-corrected chi connectivity index (χ3v) is 4.03. The normalized spacial score (nSPS) is 22.6. The predicted octanol–water partition coefficient (Wildman–Crippen LogP) is 5.25. The van der Waals surface area contributed by atoms with Crippen LogP contribution < -0.4 is 0 Å². The Bertz CT molecular complexity index is 364. The molecule has 18 heavy (non-hydrogen) atoms. The summed E-state index contributed by atoms with van der Waals surface area (Å²) in [5.41, 5.74) is 1.93. The van der Waals surface area contributed by atoms with Crippen LogP contribution in [0.5, 0.6) is 0 Å². The fraction of sp³-hybridized carbons (Fsp3) is 0.706. The Kier molecular flexibility index (Phi) is 4.58. The highest BCUT2D eigenvalue weighted by atomic mass is 14.7. The summed E-state index contributed by atoms with van der Waals surface area (Å²) in [5.74, 6) is 1.11. The molecule has 1 nitrogen and oxygen atoms in total. The lowest BCUT2D eigenvalue weighted by Gasteiger charge is -2.37. The molecule has 0 bridgehead atoms. The molecule has 0 fully saturated rings. The Hall–Kier alpha value is -0.850. The molecule has 1 aliphatic rings. The summed E-state index contributed by atoms with van der Waals surface area (Å²) in [6.45, 7) is 16.2. The van der Waals surface area contributed by atoms with Crippen molar-refractivity contribution in [3.8, 4) is 0 Å². The number of hydrogen-bond acceptors (Lipinski definition) is 1. The maximum atomic E-state index is 4.37. The minimum absolute atomic E-state index is 0.178. The topological polar surface area (TPSA) is 12.4 Å². The number of allylic oxidation sites excluding steroid dienone is 3. The largest absolute Gasteiger partial charge is 0.265 e. The lowest BCUT2D eigenvalue weighted by atomic mass is 9.68. The highest BCUT2D eigenvalue weighted by molar-refractivity contribution is 5.81. The van der Waals surface area contributed by atoms with Gasteiger partial charge in [0.05, 0.1) is 0 Å². The summed E-state index contributed by atoms with van der Waals surface area (Å²) >= 11 is 0. The minimum atomic E-state index is 0.178. The van der Waals surface area contributed by atoms with Crippen LogP contribution in [-0.4, -0.2) is 6.21 Å². The van der Waals surface area contributed by atoms with Gasteiger partial charge >= 0.3 is 0 Å². The molecule has 0 aromatic carbocycles. The van der Waals surface area contributed by atoms with Crippen molar-refractivity contribution in [3.63, 3.8) is 0 Å². The van der Waals surface area contributed by atoms with E-state index in [9.17, 15) is 0 Å². The van der Waals surface area contributed by atoms with Crippen LogP contribution >= 0.6 is 0 Å². The Morgan fingerprint density at radius 3 is 2.39 bits per heavy atom. The van der Waals surface area contributed by atoms with E-state index in [2.05, 4.69) is 65.6 Å². The monoisotopic (exact) mass is 247 g/mol. The standard InChI is InChI=1S/C17H29N/c1-13-8-9-18-12-15(10-13)17(6,7)14(2)11-16(3,4)5/h8-10,12-14H,11H2,1-7H3. The van der Waals surface area contributed by atoms with Gasteiger partial charge in [-0.15, -0.1) is 0 Å². The van der Waals surface area contributed by atoms with Crippen molar-refractivity contribution < 1.29 is 0 Å². The lowest BCUT2D eigenvalue weighted by molar-refractivity contribution is 0.202. The van der Waals surface area contributed by atoms with Crippen LogP contribution in [0.15, 0.2) is 28.9 Å². The van der Waals surface area contributed by atoms with Crippen molar-refractivity contribution >= 4 is 6.21 Å². The van der Waals surface area contributed by atoms with Gasteiger partial charge < -0.3 is 0 Å². The van der Waals surface area contributed by atoms with Crippen molar-refractivity contribution in [2.24, 2.45) is 27.7 Å². The molecular formula is C17H29N. The molecule has 0 saturated heterocycles. The summed E-state index contributed by atoms with van der Waals surface area (Å²) in [6, 6.07) is 0. The van der Waals surface area contributed by atoms with Crippen LogP contribution in [0.3, 0.4) is 0 Å². The molecule has 0 aromatic heterocycles. The van der Waals surface area contributed by atoms with Crippen molar-refractivity contribution in [3.05, 3.63) is 23.9 Å². The van der Waals surface area contributed by atoms with E-state index in [0.29, 0.717) is 17.3 Å². The maximum absolute atomic E-state index is 4.37. The average Bonchev–Trinajstić information content (AvgIpc) is 2.40. The van der Waals surface area contributed by atoms with Gasteiger partial charge in [0.2, 0.25) is 0 Å². The Labute approximate surface area is 113 Å². The Morgan fingerprint density at radius 1 is 1.22 bits per heavy atom. The van der Waals surface area contributed by atoms with Crippen LogP contribution in [0.2, 0.25) is 0 Å². The van der Waals surface area contributed by atoms with E-state index in [-0.39, 0.29) is 5.41 Å². The van der Waals surface area contributed by atoms with E-state index in [1.165, 1.54) is 12.0 Å². The van der Waals surface area contributed by atoms with Gasteiger partial charge in [-0.2, -0.15) is 0 Å². The SMILES string of the molecule is CC1C=CN=CC(C(C)(C)C(C)CC(C)(C)C)=C1. The molecule has 1 heterocycles. The first-order valence-electron chi connectivity index (χ1n) is 7.05. The molecule has 0 spiro atoms. The van der Waals surface area contributed by atoms with Crippen molar-refractivity contribution in [2.75, 3.05) is 0 Å². The minimum Gasteiger partial charge on any atom is -0.265 e. The van der Waals surface area contributed by atoms with Crippen LogP contribution in [0.4, 0.5) is 0 Å². The highest BCUT2D eigenvalue weighted by Gasteiger charge is 2.32. The average molecular weight is 247 g/mol. The number of aliphatic imine (C=N–C) groups is 1. The summed E-state index contributed by atoms with van der Waals surface area (Å²) in [6.07, 6.45) is 9.69. The van der Waals surface area contributed by atoms with Crippen molar-refractivity contribution in [1.29, 1.82) is 0 Å². The van der Waals surface area contributed by atoms with Gasteiger partial charge in [-0.25, -0.2) is 0 Å². The lowest BCUT2D eigenvalue weighted by Crippen LogP contribution is -2.28. The highest BCUT2D eigenvalue weighted by Crippen LogP contribution is 2.41. The van der Waals surface area contributed by atoms with Gasteiger partial charge in [0.1, 0.15) is 0 Å². The molecule has 2 unspecified atom stereocenters. The zero-order valence-corrected chi connectivity index (χ0v) is 13.1. The molecule has 0 saturated carbocycles. The molecule has 102 valence electrons. The second kappa shape index (κ2) is 5.42. The number of nitrogens with zero attached hydrogens (tertiary/aromatic N) is 1. The summed E-state index contributed by atoms with van der Waals surface area (Å²) in [5, 5.41) is 0. The van der Waals surface area contributed by atoms with Crippen LogP contribution in [0, 0.1) is 22.7 Å². The molecule has 0 aromatic rings. The van der Waals surface area contributed by atoms with E-state index in [4.69, 9.17) is 0 Å². The maximum Gasteiger partial charge on any atom is 0.0302 e. The van der Waals surface area contributed by atoms with Gasteiger partial charge in [0.25, 0.3) is 0 Å². The molecule has 1 heteroatoms. The second-order valence-corrected chi connectivity index (χ2v) is 7.49. The molecule has 1 rings (SSSR count). The predicted molar refractivity (Wildman–Crippen MR) is 81.9 cm³/mol. The first-order chi connectivity index (χ1) is 8.13.